The Kier molecular flexibility index (Phi) is 10.2. The third-order valence-corrected chi connectivity index (χ3v) is 8.59. The number of hydrogen-bond donors (Lipinski definition) is 3. The van der Waals surface area contributed by atoms with Gasteiger partial charge in [0.05, 0.1) is 12.9 Å². The van der Waals surface area contributed by atoms with Gasteiger partial charge in [0, 0.05) is 5.92 Å². The molecule has 236 valence electrons. The van der Waals surface area contributed by atoms with Gasteiger partial charge in [-0.2, -0.15) is 15.1 Å². The first-order valence-electron chi connectivity index (χ1n) is 14.1. The lowest BCUT2D eigenvalue weighted by atomic mass is 10.0. The van der Waals surface area contributed by atoms with Crippen molar-refractivity contribution >= 4 is 30.8 Å². The Morgan fingerprint density at radius 2 is 1.95 bits per heavy atom. The van der Waals surface area contributed by atoms with Gasteiger partial charge in [-0.05, 0) is 38.8 Å². The molecular weight excluding hydrogens is 586 g/mol. The molecular formula is C27H38FN6O8P. The molecule has 1 fully saturated rings. The number of nitrogen functional groups attached to an aromatic ring is 1. The van der Waals surface area contributed by atoms with Gasteiger partial charge in [-0.3, -0.25) is 13.9 Å². The van der Waals surface area contributed by atoms with Crippen molar-refractivity contribution in [3.63, 3.8) is 0 Å². The zero-order valence-electron chi connectivity index (χ0n) is 24.7. The number of nitrogens with zero attached hydrogens (tertiary/aromatic N) is 4. The second kappa shape index (κ2) is 13.5. The first kappa shape index (κ1) is 32.6. The molecule has 14 nitrogen and oxygen atoms in total. The highest BCUT2D eigenvalue weighted by Crippen LogP contribution is 2.49. The minimum Gasteiger partial charge on any atom is -0.476 e. The SMILES string of the molecule is CCOc1nc(N)nc2c1ncn2[C@@H]1O[C@](F)(COP(=O)(N[C@@H](C)C(=O)OC(CC)CC)Oc2ccccc2)[C@@H](O)[C@@H]1C. The van der Waals surface area contributed by atoms with Crippen molar-refractivity contribution in [3.8, 4) is 11.6 Å². The van der Waals surface area contributed by atoms with Gasteiger partial charge in [0.15, 0.2) is 11.2 Å². The molecule has 1 unspecified atom stereocenters. The molecule has 3 heterocycles. The van der Waals surface area contributed by atoms with Gasteiger partial charge >= 0.3 is 13.7 Å². The number of benzene rings is 1. The number of halogens is 1. The Morgan fingerprint density at radius 1 is 1.26 bits per heavy atom. The Morgan fingerprint density at radius 3 is 2.60 bits per heavy atom. The molecule has 4 rings (SSSR count). The second-order valence-electron chi connectivity index (χ2n) is 10.1. The van der Waals surface area contributed by atoms with Crippen LogP contribution in [0.15, 0.2) is 36.7 Å². The molecule has 0 aliphatic carbocycles. The number of hydrogen-bond acceptors (Lipinski definition) is 12. The third kappa shape index (κ3) is 7.24. The molecule has 1 aliphatic heterocycles. The van der Waals surface area contributed by atoms with Crippen LogP contribution in [0.4, 0.5) is 10.3 Å². The van der Waals surface area contributed by atoms with Crippen molar-refractivity contribution in [2.24, 2.45) is 5.92 Å². The Labute approximate surface area is 248 Å². The highest BCUT2D eigenvalue weighted by Gasteiger charge is 2.56. The van der Waals surface area contributed by atoms with E-state index < -0.39 is 50.5 Å². The number of anilines is 1. The van der Waals surface area contributed by atoms with E-state index in [0.29, 0.717) is 19.4 Å². The number of carbonyl (C=O) groups excluding carboxylic acids is 1. The molecule has 0 spiro atoms. The quantitative estimate of drug-likeness (QED) is 0.174. The van der Waals surface area contributed by atoms with Crippen LogP contribution < -0.4 is 20.1 Å². The molecule has 2 aromatic heterocycles. The minimum atomic E-state index is -4.45. The van der Waals surface area contributed by atoms with Gasteiger partial charge < -0.3 is 29.6 Å². The summed E-state index contributed by atoms with van der Waals surface area (Å²) in [5, 5.41) is 13.5. The molecule has 0 saturated carbocycles. The van der Waals surface area contributed by atoms with Gasteiger partial charge in [0.1, 0.15) is 36.8 Å². The van der Waals surface area contributed by atoms with Crippen LogP contribution in [0.2, 0.25) is 0 Å². The fourth-order valence-corrected chi connectivity index (χ4v) is 6.09. The summed E-state index contributed by atoms with van der Waals surface area (Å²) in [7, 11) is -4.45. The van der Waals surface area contributed by atoms with Gasteiger partial charge in [-0.25, -0.2) is 13.9 Å². The third-order valence-electron chi connectivity index (χ3n) is 6.97. The Hall–Kier alpha value is -3.36. The summed E-state index contributed by atoms with van der Waals surface area (Å²) in [4.78, 5) is 25.2. The lowest BCUT2D eigenvalue weighted by Crippen LogP contribution is -2.42. The van der Waals surface area contributed by atoms with Crippen LogP contribution in [-0.4, -0.2) is 67.9 Å². The average molecular weight is 625 g/mol. The maximum absolute atomic E-state index is 16.3. The summed E-state index contributed by atoms with van der Waals surface area (Å²) < 4.78 is 59.3. The minimum absolute atomic E-state index is 0.0966. The van der Waals surface area contributed by atoms with E-state index in [0.717, 1.165) is 0 Å². The number of carbonyl (C=O) groups is 1. The van der Waals surface area contributed by atoms with E-state index in [9.17, 15) is 14.5 Å². The van der Waals surface area contributed by atoms with Crippen LogP contribution in [-0.2, 0) is 23.4 Å². The van der Waals surface area contributed by atoms with Crippen molar-refractivity contribution < 1.29 is 42.1 Å². The van der Waals surface area contributed by atoms with Crippen LogP contribution in [0.25, 0.3) is 11.2 Å². The van der Waals surface area contributed by atoms with Gasteiger partial charge in [-0.15, -0.1) is 0 Å². The van der Waals surface area contributed by atoms with Crippen molar-refractivity contribution in [2.75, 3.05) is 18.9 Å². The summed E-state index contributed by atoms with van der Waals surface area (Å²) in [6.45, 7) is 7.78. The predicted molar refractivity (Wildman–Crippen MR) is 154 cm³/mol. The largest absolute Gasteiger partial charge is 0.476 e. The zero-order valence-corrected chi connectivity index (χ0v) is 25.6. The number of imidazole rings is 1. The first-order chi connectivity index (χ1) is 20.4. The van der Waals surface area contributed by atoms with Crippen LogP contribution in [0.1, 0.15) is 53.7 Å². The van der Waals surface area contributed by atoms with E-state index in [4.69, 9.17) is 29.0 Å². The summed E-state index contributed by atoms with van der Waals surface area (Å²) >= 11 is 0. The number of nitrogens with one attached hydrogen (secondary N) is 1. The first-order valence-corrected chi connectivity index (χ1v) is 15.6. The number of fused-ring (bicyclic) bond motifs is 1. The smallest absolute Gasteiger partial charge is 0.459 e. The molecule has 16 heteroatoms. The summed E-state index contributed by atoms with van der Waals surface area (Å²) in [6.07, 6.45) is -0.636. The maximum Gasteiger partial charge on any atom is 0.459 e. The summed E-state index contributed by atoms with van der Waals surface area (Å²) in [5.74, 6) is -4.20. The molecule has 4 N–H and O–H groups in total. The number of aromatic nitrogens is 4. The fourth-order valence-electron chi connectivity index (χ4n) is 4.58. The van der Waals surface area contributed by atoms with Crippen molar-refractivity contribution in [1.82, 2.24) is 24.6 Å². The molecule has 1 saturated heterocycles. The number of esters is 1. The van der Waals surface area contributed by atoms with Gasteiger partial charge in [-0.1, -0.05) is 39.0 Å². The molecule has 0 radical (unpaired) electrons. The molecule has 1 aromatic carbocycles. The Balaban J connectivity index is 1.56. The van der Waals surface area contributed by atoms with E-state index in [1.807, 2.05) is 13.8 Å². The van der Waals surface area contributed by atoms with Crippen LogP contribution in [0.5, 0.6) is 11.6 Å². The van der Waals surface area contributed by atoms with E-state index in [-0.39, 0.29) is 34.8 Å². The van der Waals surface area contributed by atoms with Crippen LogP contribution >= 0.6 is 7.75 Å². The number of rotatable bonds is 14. The van der Waals surface area contributed by atoms with Gasteiger partial charge in [0.25, 0.3) is 5.85 Å². The lowest BCUT2D eigenvalue weighted by Gasteiger charge is -2.28. The normalized spacial score (nSPS) is 24.1. The van der Waals surface area contributed by atoms with Crippen molar-refractivity contribution in [3.05, 3.63) is 36.7 Å². The fraction of sp³-hybridized carbons (Fsp3) is 0.556. The van der Waals surface area contributed by atoms with Crippen molar-refractivity contribution in [2.45, 2.75) is 77.8 Å². The highest BCUT2D eigenvalue weighted by atomic mass is 31.2. The maximum atomic E-state index is 16.3. The topological polar surface area (TPSA) is 182 Å². The summed E-state index contributed by atoms with van der Waals surface area (Å²) in [6, 6.07) is 6.89. The summed E-state index contributed by atoms with van der Waals surface area (Å²) in [5.41, 5.74) is 6.32. The second-order valence-corrected chi connectivity index (χ2v) is 11.8. The number of nitrogens with two attached hydrogens (primary N) is 1. The average Bonchev–Trinajstić information content (AvgIpc) is 3.50. The van der Waals surface area contributed by atoms with Gasteiger partial charge in [0.2, 0.25) is 11.8 Å². The zero-order chi connectivity index (χ0) is 31.4. The number of ether oxygens (including phenoxy) is 3. The molecule has 0 bridgehead atoms. The Bertz CT molecular complexity index is 1440. The standard InChI is InChI=1S/C27H38FN6O8P/c1-6-18(7-2)40-25(36)17(5)33-43(37,42-19-12-10-9-11-13-19)39-14-27(28)21(35)16(4)24(41-27)34-15-30-20-22(34)31-26(29)32-23(20)38-8-3/h9-13,15-18,21,24,35H,6-8,14H2,1-5H3,(H,33,37)(H2,29,31,32)/t16-,17-,21-,24+,27+,43?/m0/s1. The molecule has 6 atom stereocenters. The highest BCUT2D eigenvalue weighted by molar-refractivity contribution is 7.52. The molecule has 1 aliphatic rings. The lowest BCUT2D eigenvalue weighted by molar-refractivity contribution is -0.202. The van der Waals surface area contributed by atoms with Crippen molar-refractivity contribution in [1.29, 1.82) is 0 Å². The number of para-hydroxylation sites is 1. The van der Waals surface area contributed by atoms with Crippen LogP contribution in [0, 0.1) is 5.92 Å². The van der Waals surface area contributed by atoms with E-state index in [1.165, 1.54) is 30.0 Å². The van der Waals surface area contributed by atoms with E-state index in [2.05, 4.69) is 20.0 Å². The van der Waals surface area contributed by atoms with Crippen LogP contribution in [0.3, 0.4) is 0 Å². The number of aliphatic hydroxyl groups is 1. The molecule has 0 amide bonds. The number of aliphatic hydroxyl groups excluding tert-OH is 1. The number of alkyl halides is 1. The predicted octanol–water partition coefficient (Wildman–Crippen LogP) is 3.91. The monoisotopic (exact) mass is 624 g/mol. The van der Waals surface area contributed by atoms with E-state index in [1.54, 1.807) is 32.0 Å². The molecule has 3 aromatic rings. The van der Waals surface area contributed by atoms with E-state index >= 15 is 4.39 Å². The molecule has 43 heavy (non-hydrogen) atoms.